The molecule has 0 aliphatic heterocycles. The second-order valence-electron chi connectivity index (χ2n) is 7.03. The van der Waals surface area contributed by atoms with Crippen LogP contribution in [0.15, 0.2) is 81.3 Å². The lowest BCUT2D eigenvalue weighted by molar-refractivity contribution is 0.101. The van der Waals surface area contributed by atoms with Gasteiger partial charge in [0, 0.05) is 17.7 Å². The van der Waals surface area contributed by atoms with E-state index in [2.05, 4.69) is 15.9 Å². The summed E-state index contributed by atoms with van der Waals surface area (Å²) in [5.74, 6) is 0.199. The molecule has 1 atom stereocenters. The summed E-state index contributed by atoms with van der Waals surface area (Å²) in [6, 6.07) is 18.7. The van der Waals surface area contributed by atoms with Crippen molar-refractivity contribution in [1.82, 2.24) is 14.1 Å². The van der Waals surface area contributed by atoms with E-state index in [1.165, 1.54) is 11.8 Å². The van der Waals surface area contributed by atoms with Gasteiger partial charge in [-0.05, 0) is 42.8 Å². The lowest BCUT2D eigenvalue weighted by atomic mass is 10.1. The van der Waals surface area contributed by atoms with Crippen molar-refractivity contribution in [2.45, 2.75) is 18.1 Å². The van der Waals surface area contributed by atoms with Crippen molar-refractivity contribution in [3.63, 3.8) is 0 Å². The molecular formula is C23H20BrN3O2S. The van der Waals surface area contributed by atoms with Crippen LogP contribution in [0.4, 0.5) is 0 Å². The number of aryl methyl sites for hydroxylation is 1. The SMILES string of the molecule is CC(c1ccccc1)n1c(SCC(=O)c2cccn2C)nc2ccc(Br)cc2c1=O. The van der Waals surface area contributed by atoms with E-state index in [4.69, 9.17) is 4.98 Å². The molecule has 0 fully saturated rings. The third-order valence-corrected chi connectivity index (χ3v) is 6.51. The first kappa shape index (κ1) is 20.6. The maximum absolute atomic E-state index is 13.4. The van der Waals surface area contributed by atoms with Gasteiger partial charge < -0.3 is 4.57 Å². The van der Waals surface area contributed by atoms with Gasteiger partial charge in [0.25, 0.3) is 5.56 Å². The number of Topliss-reactive ketones (excluding diaryl/α,β-unsaturated/α-hetero) is 1. The van der Waals surface area contributed by atoms with E-state index < -0.39 is 0 Å². The monoisotopic (exact) mass is 481 g/mol. The molecule has 0 spiro atoms. The fourth-order valence-electron chi connectivity index (χ4n) is 3.43. The molecule has 2 heterocycles. The molecule has 0 saturated carbocycles. The molecule has 0 radical (unpaired) electrons. The smallest absolute Gasteiger partial charge is 0.262 e. The largest absolute Gasteiger partial charge is 0.348 e. The third kappa shape index (κ3) is 4.00. The van der Waals surface area contributed by atoms with Crippen LogP contribution in [0, 0.1) is 0 Å². The maximum atomic E-state index is 13.4. The molecule has 5 nitrogen and oxygen atoms in total. The highest BCUT2D eigenvalue weighted by Crippen LogP contribution is 2.26. The van der Waals surface area contributed by atoms with Gasteiger partial charge in [0.2, 0.25) is 0 Å². The third-order valence-electron chi connectivity index (χ3n) is 5.06. The molecular weight excluding hydrogens is 462 g/mol. The molecule has 152 valence electrons. The Morgan fingerprint density at radius 2 is 1.90 bits per heavy atom. The number of carbonyl (C=O) groups is 1. The number of ketones is 1. The Morgan fingerprint density at radius 1 is 1.13 bits per heavy atom. The maximum Gasteiger partial charge on any atom is 0.262 e. The van der Waals surface area contributed by atoms with E-state index in [0.717, 1.165) is 10.0 Å². The van der Waals surface area contributed by atoms with E-state index in [9.17, 15) is 9.59 Å². The Balaban J connectivity index is 1.79. The highest BCUT2D eigenvalue weighted by molar-refractivity contribution is 9.10. The predicted octanol–water partition coefficient (Wildman–Crippen LogP) is 5.08. The molecule has 0 saturated heterocycles. The highest BCUT2D eigenvalue weighted by Gasteiger charge is 2.20. The van der Waals surface area contributed by atoms with Crippen molar-refractivity contribution in [1.29, 1.82) is 0 Å². The van der Waals surface area contributed by atoms with Gasteiger partial charge in [-0.2, -0.15) is 0 Å². The molecule has 0 bridgehead atoms. The zero-order chi connectivity index (χ0) is 21.3. The van der Waals surface area contributed by atoms with Crippen LogP contribution < -0.4 is 5.56 Å². The first-order chi connectivity index (χ1) is 14.5. The Morgan fingerprint density at radius 3 is 2.60 bits per heavy atom. The van der Waals surface area contributed by atoms with Crippen molar-refractivity contribution < 1.29 is 4.79 Å². The Hall–Kier alpha value is -2.64. The van der Waals surface area contributed by atoms with Gasteiger partial charge in [-0.1, -0.05) is 58.0 Å². The molecule has 1 unspecified atom stereocenters. The number of hydrogen-bond donors (Lipinski definition) is 0. The van der Waals surface area contributed by atoms with Gasteiger partial charge in [-0.25, -0.2) is 4.98 Å². The molecule has 0 amide bonds. The number of nitrogens with zero attached hydrogens (tertiary/aromatic N) is 3. The molecule has 7 heteroatoms. The van der Waals surface area contributed by atoms with E-state index in [1.54, 1.807) is 21.3 Å². The first-order valence-electron chi connectivity index (χ1n) is 9.50. The molecule has 0 aliphatic rings. The molecule has 4 aromatic rings. The van der Waals surface area contributed by atoms with Gasteiger partial charge in [-0.15, -0.1) is 0 Å². The van der Waals surface area contributed by atoms with Gasteiger partial charge in [-0.3, -0.25) is 14.2 Å². The summed E-state index contributed by atoms with van der Waals surface area (Å²) in [6.45, 7) is 1.98. The summed E-state index contributed by atoms with van der Waals surface area (Å²) in [5, 5.41) is 1.08. The second-order valence-corrected chi connectivity index (χ2v) is 8.89. The first-order valence-corrected chi connectivity index (χ1v) is 11.3. The van der Waals surface area contributed by atoms with Crippen molar-refractivity contribution in [3.05, 3.63) is 92.9 Å². The van der Waals surface area contributed by atoms with Crippen LogP contribution in [0.25, 0.3) is 10.9 Å². The summed E-state index contributed by atoms with van der Waals surface area (Å²) < 4.78 is 4.31. The Labute approximate surface area is 186 Å². The minimum atomic E-state index is -0.220. The molecule has 2 aromatic carbocycles. The molecule has 0 aliphatic carbocycles. The van der Waals surface area contributed by atoms with E-state index in [0.29, 0.717) is 21.8 Å². The fraction of sp³-hybridized carbons (Fsp3) is 0.174. The van der Waals surface area contributed by atoms with E-state index in [-0.39, 0.29) is 23.1 Å². The van der Waals surface area contributed by atoms with Crippen LogP contribution in [0.5, 0.6) is 0 Å². The standard InChI is InChI=1S/C23H20BrN3O2S/c1-15(16-7-4-3-5-8-16)27-22(29)18-13-17(24)10-11-19(18)25-23(27)30-14-21(28)20-9-6-12-26(20)2/h3-13,15H,14H2,1-2H3. The fourth-order valence-corrected chi connectivity index (χ4v) is 4.74. The lowest BCUT2D eigenvalue weighted by Gasteiger charge is -2.20. The van der Waals surface area contributed by atoms with Crippen molar-refractivity contribution >= 4 is 44.4 Å². The second kappa shape index (κ2) is 8.62. The number of rotatable bonds is 6. The number of halogens is 1. The average Bonchev–Trinajstić information content (AvgIpc) is 3.19. The zero-order valence-electron chi connectivity index (χ0n) is 16.6. The molecule has 4 rings (SSSR count). The lowest BCUT2D eigenvalue weighted by Crippen LogP contribution is -2.27. The number of thioether (sulfide) groups is 1. The number of carbonyl (C=O) groups excluding carboxylic acids is 1. The summed E-state index contributed by atoms with van der Waals surface area (Å²) in [4.78, 5) is 30.9. The topological polar surface area (TPSA) is 56.9 Å². The van der Waals surface area contributed by atoms with Gasteiger partial charge in [0.1, 0.15) is 0 Å². The van der Waals surface area contributed by atoms with Crippen LogP contribution >= 0.6 is 27.7 Å². The summed E-state index contributed by atoms with van der Waals surface area (Å²) in [5.41, 5.74) is 2.14. The van der Waals surface area contributed by atoms with Crippen LogP contribution in [0.2, 0.25) is 0 Å². The van der Waals surface area contributed by atoms with Crippen LogP contribution in [0.3, 0.4) is 0 Å². The van der Waals surface area contributed by atoms with Crippen molar-refractivity contribution in [2.24, 2.45) is 7.05 Å². The minimum absolute atomic E-state index is 0.00318. The molecule has 2 aromatic heterocycles. The van der Waals surface area contributed by atoms with Crippen LogP contribution in [-0.4, -0.2) is 25.7 Å². The van der Waals surface area contributed by atoms with Crippen molar-refractivity contribution in [2.75, 3.05) is 5.75 Å². The number of fused-ring (bicyclic) bond motifs is 1. The average molecular weight is 482 g/mol. The molecule has 30 heavy (non-hydrogen) atoms. The Bertz CT molecular complexity index is 1280. The number of benzene rings is 2. The molecule has 0 N–H and O–H groups in total. The summed E-state index contributed by atoms with van der Waals surface area (Å²) >= 11 is 4.74. The summed E-state index contributed by atoms with van der Waals surface area (Å²) in [6.07, 6.45) is 1.84. The summed E-state index contributed by atoms with van der Waals surface area (Å²) in [7, 11) is 1.84. The number of hydrogen-bond acceptors (Lipinski definition) is 4. The number of aromatic nitrogens is 3. The quantitative estimate of drug-likeness (QED) is 0.219. The van der Waals surface area contributed by atoms with Gasteiger partial charge >= 0.3 is 0 Å². The van der Waals surface area contributed by atoms with Crippen LogP contribution in [-0.2, 0) is 7.05 Å². The normalized spacial score (nSPS) is 12.2. The van der Waals surface area contributed by atoms with Crippen molar-refractivity contribution in [3.8, 4) is 0 Å². The minimum Gasteiger partial charge on any atom is -0.348 e. The van der Waals surface area contributed by atoms with Gasteiger partial charge in [0.05, 0.1) is 28.4 Å². The van der Waals surface area contributed by atoms with E-state index >= 15 is 0 Å². The van der Waals surface area contributed by atoms with Gasteiger partial charge in [0.15, 0.2) is 10.9 Å². The van der Waals surface area contributed by atoms with E-state index in [1.807, 2.05) is 68.7 Å². The highest BCUT2D eigenvalue weighted by atomic mass is 79.9. The zero-order valence-corrected chi connectivity index (χ0v) is 19.0. The van der Waals surface area contributed by atoms with Crippen LogP contribution in [0.1, 0.15) is 29.0 Å². The Kier molecular flexibility index (Phi) is 5.92. The predicted molar refractivity (Wildman–Crippen MR) is 124 cm³/mol.